The van der Waals surface area contributed by atoms with Gasteiger partial charge in [0, 0.05) is 0 Å². The van der Waals surface area contributed by atoms with Gasteiger partial charge >= 0.3 is 0 Å². The van der Waals surface area contributed by atoms with E-state index in [0.29, 0.717) is 0 Å². The molecule has 0 nitrogen and oxygen atoms in total. The Bertz CT molecular complexity index is 2160. The highest BCUT2D eigenvalue weighted by atomic mass is 14.1. The van der Waals surface area contributed by atoms with Gasteiger partial charge in [-0.15, -0.1) is 0 Å². The molecule has 0 amide bonds. The lowest BCUT2D eigenvalue weighted by Gasteiger charge is -2.12. The number of hydrogen-bond acceptors (Lipinski definition) is 0. The van der Waals surface area contributed by atoms with E-state index in [-0.39, 0.29) is 0 Å². The van der Waals surface area contributed by atoms with E-state index in [1.165, 1.54) is 76.1 Å². The fourth-order valence-corrected chi connectivity index (χ4v) is 6.14. The molecule has 176 valence electrons. The summed E-state index contributed by atoms with van der Waals surface area (Å²) in [6.45, 7) is 0. The Morgan fingerprint density at radius 3 is 1.58 bits per heavy atom. The fraction of sp³-hybridized carbons (Fsp3) is 0. The lowest BCUT2D eigenvalue weighted by atomic mass is 9.91. The molecule has 8 aromatic carbocycles. The maximum atomic E-state index is 2.37. The Morgan fingerprint density at radius 2 is 0.789 bits per heavy atom. The molecule has 0 aromatic heterocycles. The SMILES string of the molecule is c1ccc2c(c1)cc(-c1ccc(-c3ccc4ccc5ccc6ccccc6c5c4c3)cc1)c1ccccc12. The van der Waals surface area contributed by atoms with E-state index in [0.717, 1.165) is 0 Å². The smallest absolute Gasteiger partial charge is 0.00266 e. The third-order valence-corrected chi connectivity index (χ3v) is 8.02. The second kappa shape index (κ2) is 8.30. The monoisotopic (exact) mass is 480 g/mol. The van der Waals surface area contributed by atoms with Gasteiger partial charge in [-0.3, -0.25) is 0 Å². The molecule has 0 bridgehead atoms. The summed E-state index contributed by atoms with van der Waals surface area (Å²) < 4.78 is 0. The predicted octanol–water partition coefficient (Wildman–Crippen LogP) is 10.8. The summed E-state index contributed by atoms with van der Waals surface area (Å²) in [5, 5.41) is 13.0. The van der Waals surface area contributed by atoms with Crippen LogP contribution in [-0.4, -0.2) is 0 Å². The van der Waals surface area contributed by atoms with Gasteiger partial charge in [0.05, 0.1) is 0 Å². The molecule has 0 fully saturated rings. The fourth-order valence-electron chi connectivity index (χ4n) is 6.14. The molecule has 0 spiro atoms. The van der Waals surface area contributed by atoms with Crippen molar-refractivity contribution in [3.63, 3.8) is 0 Å². The molecule has 0 saturated carbocycles. The van der Waals surface area contributed by atoms with Gasteiger partial charge in [0.1, 0.15) is 0 Å². The first-order chi connectivity index (χ1) is 18.8. The molecule has 8 rings (SSSR count). The molecule has 0 N–H and O–H groups in total. The number of fused-ring (bicyclic) bond motifs is 8. The Morgan fingerprint density at radius 1 is 0.263 bits per heavy atom. The van der Waals surface area contributed by atoms with Gasteiger partial charge < -0.3 is 0 Å². The predicted molar refractivity (Wildman–Crippen MR) is 165 cm³/mol. The summed E-state index contributed by atoms with van der Waals surface area (Å²) in [5.74, 6) is 0. The van der Waals surface area contributed by atoms with Crippen molar-refractivity contribution in [1.29, 1.82) is 0 Å². The van der Waals surface area contributed by atoms with E-state index < -0.39 is 0 Å². The van der Waals surface area contributed by atoms with Crippen LogP contribution in [0.1, 0.15) is 0 Å². The molecule has 0 heteroatoms. The molecule has 0 radical (unpaired) electrons. The van der Waals surface area contributed by atoms with Crippen molar-refractivity contribution < 1.29 is 0 Å². The van der Waals surface area contributed by atoms with Crippen LogP contribution in [0.5, 0.6) is 0 Å². The van der Waals surface area contributed by atoms with Crippen LogP contribution in [0.3, 0.4) is 0 Å². The van der Waals surface area contributed by atoms with Gasteiger partial charge in [-0.25, -0.2) is 0 Å². The average molecular weight is 481 g/mol. The van der Waals surface area contributed by atoms with Crippen molar-refractivity contribution in [3.05, 3.63) is 146 Å². The first kappa shape index (κ1) is 21.2. The Hall–Kier alpha value is -4.94. The highest BCUT2D eigenvalue weighted by molar-refractivity contribution is 6.20. The van der Waals surface area contributed by atoms with E-state index in [1.54, 1.807) is 0 Å². The van der Waals surface area contributed by atoms with Crippen LogP contribution in [0.15, 0.2) is 146 Å². The maximum Gasteiger partial charge on any atom is -0.00266 e. The first-order valence-electron chi connectivity index (χ1n) is 13.2. The zero-order valence-electron chi connectivity index (χ0n) is 20.9. The van der Waals surface area contributed by atoms with Gasteiger partial charge in [-0.2, -0.15) is 0 Å². The van der Waals surface area contributed by atoms with E-state index in [4.69, 9.17) is 0 Å². The van der Waals surface area contributed by atoms with E-state index in [2.05, 4.69) is 146 Å². The Balaban J connectivity index is 1.29. The van der Waals surface area contributed by atoms with Crippen LogP contribution in [-0.2, 0) is 0 Å². The minimum absolute atomic E-state index is 1.23. The van der Waals surface area contributed by atoms with E-state index in [9.17, 15) is 0 Å². The molecule has 38 heavy (non-hydrogen) atoms. The average Bonchev–Trinajstić information content (AvgIpc) is 3.00. The lowest BCUT2D eigenvalue weighted by Crippen LogP contribution is -1.86. The van der Waals surface area contributed by atoms with Crippen LogP contribution in [0, 0.1) is 0 Å². The number of benzene rings is 8. The van der Waals surface area contributed by atoms with Crippen molar-refractivity contribution in [1.82, 2.24) is 0 Å². The molecule has 0 unspecified atom stereocenters. The molecule has 0 saturated heterocycles. The second-order valence-corrected chi connectivity index (χ2v) is 10.2. The van der Waals surface area contributed by atoms with Crippen molar-refractivity contribution in [2.24, 2.45) is 0 Å². The summed E-state index contributed by atoms with van der Waals surface area (Å²) in [7, 11) is 0. The minimum Gasteiger partial charge on any atom is -0.0616 e. The molecule has 8 aromatic rings. The minimum atomic E-state index is 1.23. The van der Waals surface area contributed by atoms with Crippen molar-refractivity contribution >= 4 is 53.9 Å². The highest BCUT2D eigenvalue weighted by Gasteiger charge is 2.10. The topological polar surface area (TPSA) is 0 Å². The molecular weight excluding hydrogens is 456 g/mol. The molecule has 0 atom stereocenters. The van der Waals surface area contributed by atoms with Crippen LogP contribution >= 0.6 is 0 Å². The largest absolute Gasteiger partial charge is 0.0616 e. The number of hydrogen-bond donors (Lipinski definition) is 0. The summed E-state index contributed by atoms with van der Waals surface area (Å²) >= 11 is 0. The lowest BCUT2D eigenvalue weighted by molar-refractivity contribution is 1.63. The Labute approximate surface area is 221 Å². The van der Waals surface area contributed by atoms with Gasteiger partial charge in [-0.05, 0) is 88.2 Å². The van der Waals surface area contributed by atoms with Crippen molar-refractivity contribution in [3.8, 4) is 22.3 Å². The summed E-state index contributed by atoms with van der Waals surface area (Å²) in [6.07, 6.45) is 0. The van der Waals surface area contributed by atoms with Crippen LogP contribution < -0.4 is 0 Å². The molecule has 0 aliphatic heterocycles. The van der Waals surface area contributed by atoms with Crippen molar-refractivity contribution in [2.45, 2.75) is 0 Å². The third-order valence-electron chi connectivity index (χ3n) is 8.02. The van der Waals surface area contributed by atoms with Crippen LogP contribution in [0.25, 0.3) is 76.1 Å². The normalized spacial score (nSPS) is 11.7. The Kier molecular flexibility index (Phi) is 4.62. The highest BCUT2D eigenvalue weighted by Crippen LogP contribution is 2.37. The van der Waals surface area contributed by atoms with Crippen LogP contribution in [0.2, 0.25) is 0 Å². The standard InChI is InChI=1S/C38H24/c1-4-10-33-26(7-1)17-20-29-21-18-28-19-22-30(23-37(28)38(29)33)25-13-15-27(16-14-25)36-24-31-8-2-3-9-32(31)34-11-5-6-12-35(34)36/h1-24H. The molecule has 0 aliphatic carbocycles. The van der Waals surface area contributed by atoms with E-state index in [1.807, 2.05) is 0 Å². The second-order valence-electron chi connectivity index (χ2n) is 10.2. The molecular formula is C38H24. The van der Waals surface area contributed by atoms with Crippen molar-refractivity contribution in [2.75, 3.05) is 0 Å². The van der Waals surface area contributed by atoms with Gasteiger partial charge in [0.25, 0.3) is 0 Å². The summed E-state index contributed by atoms with van der Waals surface area (Å²) in [6, 6.07) is 53.4. The van der Waals surface area contributed by atoms with E-state index >= 15 is 0 Å². The van der Waals surface area contributed by atoms with Gasteiger partial charge in [-0.1, -0.05) is 133 Å². The van der Waals surface area contributed by atoms with Gasteiger partial charge in [0.15, 0.2) is 0 Å². The zero-order valence-corrected chi connectivity index (χ0v) is 20.9. The maximum absolute atomic E-state index is 2.37. The van der Waals surface area contributed by atoms with Crippen LogP contribution in [0.4, 0.5) is 0 Å². The zero-order chi connectivity index (χ0) is 25.1. The van der Waals surface area contributed by atoms with Gasteiger partial charge in [0.2, 0.25) is 0 Å². The third kappa shape index (κ3) is 3.24. The first-order valence-corrected chi connectivity index (χ1v) is 13.2. The summed E-state index contributed by atoms with van der Waals surface area (Å²) in [5.41, 5.74) is 5.00. The number of rotatable bonds is 2. The molecule has 0 heterocycles. The quantitative estimate of drug-likeness (QED) is 0.216. The molecule has 0 aliphatic rings. The summed E-state index contributed by atoms with van der Waals surface area (Å²) in [4.78, 5) is 0.